The summed E-state index contributed by atoms with van der Waals surface area (Å²) in [6.45, 7) is 4.87. The number of rotatable bonds is 2. The van der Waals surface area contributed by atoms with Crippen LogP contribution >= 0.6 is 0 Å². The van der Waals surface area contributed by atoms with Crippen molar-refractivity contribution in [1.82, 2.24) is 19.8 Å². The molecule has 2 atom stereocenters. The molecule has 3 heterocycles. The smallest absolute Gasteiger partial charge is 0.121 e. The maximum atomic E-state index is 9.75. The lowest BCUT2D eigenvalue weighted by Gasteiger charge is -2.36. The van der Waals surface area contributed by atoms with Crippen LogP contribution < -0.4 is 0 Å². The van der Waals surface area contributed by atoms with Crippen molar-refractivity contribution in [3.05, 3.63) is 30.1 Å². The van der Waals surface area contributed by atoms with Crippen LogP contribution in [0.5, 0.6) is 0 Å². The van der Waals surface area contributed by atoms with Crippen molar-refractivity contribution < 1.29 is 5.11 Å². The first-order chi connectivity index (χ1) is 9.78. The second-order valence-electron chi connectivity index (χ2n) is 5.97. The fourth-order valence-corrected chi connectivity index (χ4v) is 3.52. The van der Waals surface area contributed by atoms with Gasteiger partial charge in [-0.15, -0.1) is 0 Å². The SMILES string of the molecule is O[C@@H]1C[C@H]2CN(Cc3nc4ccccc4[nH]3)CCN2C1. The van der Waals surface area contributed by atoms with E-state index in [2.05, 4.69) is 25.8 Å². The van der Waals surface area contributed by atoms with Crippen LogP contribution in [0.25, 0.3) is 11.0 Å². The van der Waals surface area contributed by atoms with Gasteiger partial charge in [0.15, 0.2) is 0 Å². The number of fused-ring (bicyclic) bond motifs is 2. The van der Waals surface area contributed by atoms with Gasteiger partial charge in [-0.1, -0.05) is 12.1 Å². The number of hydrogen-bond donors (Lipinski definition) is 2. The van der Waals surface area contributed by atoms with Gasteiger partial charge in [0, 0.05) is 32.2 Å². The number of aliphatic hydroxyl groups is 1. The van der Waals surface area contributed by atoms with Crippen molar-refractivity contribution in [2.45, 2.75) is 25.1 Å². The summed E-state index contributed by atoms with van der Waals surface area (Å²) in [7, 11) is 0. The normalized spacial score (nSPS) is 28.1. The Morgan fingerprint density at radius 2 is 2.15 bits per heavy atom. The van der Waals surface area contributed by atoms with Gasteiger partial charge in [0.25, 0.3) is 0 Å². The molecule has 0 aliphatic carbocycles. The fourth-order valence-electron chi connectivity index (χ4n) is 3.52. The van der Waals surface area contributed by atoms with E-state index in [1.54, 1.807) is 0 Å². The van der Waals surface area contributed by atoms with E-state index in [-0.39, 0.29) is 6.10 Å². The standard InChI is InChI=1S/C15H20N4O/c20-12-7-11-8-18(5-6-19(11)9-12)10-15-16-13-3-1-2-4-14(13)17-15/h1-4,11-12,20H,5-10H2,(H,16,17)/t11-,12+/m0/s1. The minimum atomic E-state index is -0.133. The number of hydrogen-bond acceptors (Lipinski definition) is 4. The minimum absolute atomic E-state index is 0.133. The second kappa shape index (κ2) is 4.84. The Labute approximate surface area is 118 Å². The summed E-state index contributed by atoms with van der Waals surface area (Å²) < 4.78 is 0. The molecule has 2 aliphatic heterocycles. The van der Waals surface area contributed by atoms with E-state index >= 15 is 0 Å². The Bertz CT molecular complexity index is 578. The van der Waals surface area contributed by atoms with E-state index in [0.29, 0.717) is 6.04 Å². The minimum Gasteiger partial charge on any atom is -0.392 e. The maximum absolute atomic E-state index is 9.75. The van der Waals surface area contributed by atoms with Gasteiger partial charge in [0.05, 0.1) is 23.7 Å². The largest absolute Gasteiger partial charge is 0.392 e. The number of para-hydroxylation sites is 2. The lowest BCUT2D eigenvalue weighted by Crippen LogP contribution is -2.49. The third-order valence-electron chi connectivity index (χ3n) is 4.49. The molecule has 2 fully saturated rings. The molecule has 0 saturated carbocycles. The summed E-state index contributed by atoms with van der Waals surface area (Å²) in [6.07, 6.45) is 0.780. The quantitative estimate of drug-likeness (QED) is 0.849. The molecule has 5 nitrogen and oxygen atoms in total. The molecule has 106 valence electrons. The zero-order valence-corrected chi connectivity index (χ0v) is 11.5. The molecule has 0 unspecified atom stereocenters. The number of benzene rings is 1. The molecule has 2 saturated heterocycles. The van der Waals surface area contributed by atoms with Crippen LogP contribution in [0.3, 0.4) is 0 Å². The summed E-state index contributed by atoms with van der Waals surface area (Å²) in [5, 5.41) is 9.75. The van der Waals surface area contributed by atoms with Gasteiger partial charge in [-0.25, -0.2) is 4.98 Å². The first kappa shape index (κ1) is 12.3. The molecule has 0 radical (unpaired) electrons. The van der Waals surface area contributed by atoms with Crippen molar-refractivity contribution in [2.75, 3.05) is 26.2 Å². The predicted octanol–water partition coefficient (Wildman–Crippen LogP) is 0.814. The second-order valence-corrected chi connectivity index (χ2v) is 5.97. The van der Waals surface area contributed by atoms with E-state index in [9.17, 15) is 5.11 Å². The molecule has 0 bridgehead atoms. The lowest BCUT2D eigenvalue weighted by molar-refractivity contribution is 0.0956. The highest BCUT2D eigenvalue weighted by Gasteiger charge is 2.35. The van der Waals surface area contributed by atoms with Crippen LogP contribution in [0.4, 0.5) is 0 Å². The summed E-state index contributed by atoms with van der Waals surface area (Å²) in [5.41, 5.74) is 2.15. The zero-order valence-electron chi connectivity index (χ0n) is 11.5. The van der Waals surface area contributed by atoms with E-state index < -0.39 is 0 Å². The number of nitrogens with one attached hydrogen (secondary N) is 1. The Kier molecular flexibility index (Phi) is 2.98. The number of aliphatic hydroxyl groups excluding tert-OH is 1. The highest BCUT2D eigenvalue weighted by Crippen LogP contribution is 2.23. The van der Waals surface area contributed by atoms with Crippen LogP contribution in [0.15, 0.2) is 24.3 Å². The Morgan fingerprint density at radius 3 is 3.05 bits per heavy atom. The monoisotopic (exact) mass is 272 g/mol. The average Bonchev–Trinajstić information content (AvgIpc) is 2.99. The molecule has 20 heavy (non-hydrogen) atoms. The van der Waals surface area contributed by atoms with Gasteiger partial charge in [0.2, 0.25) is 0 Å². The first-order valence-corrected chi connectivity index (χ1v) is 7.36. The van der Waals surface area contributed by atoms with Gasteiger partial charge in [-0.3, -0.25) is 9.80 Å². The van der Waals surface area contributed by atoms with Gasteiger partial charge in [-0.2, -0.15) is 0 Å². The van der Waals surface area contributed by atoms with E-state index in [0.717, 1.165) is 56.0 Å². The van der Waals surface area contributed by atoms with E-state index in [1.807, 2.05) is 18.2 Å². The highest BCUT2D eigenvalue weighted by atomic mass is 16.3. The number of H-pyrrole nitrogens is 1. The maximum Gasteiger partial charge on any atom is 0.121 e. The molecule has 2 aromatic rings. The number of imidazole rings is 1. The van der Waals surface area contributed by atoms with E-state index in [1.165, 1.54) is 0 Å². The van der Waals surface area contributed by atoms with Crippen LogP contribution in [0.2, 0.25) is 0 Å². The molecule has 0 amide bonds. The van der Waals surface area contributed by atoms with Gasteiger partial charge >= 0.3 is 0 Å². The Hall–Kier alpha value is -1.43. The molecule has 2 aliphatic rings. The topological polar surface area (TPSA) is 55.4 Å². The van der Waals surface area contributed by atoms with Crippen molar-refractivity contribution in [3.63, 3.8) is 0 Å². The van der Waals surface area contributed by atoms with E-state index in [4.69, 9.17) is 0 Å². The molecular weight excluding hydrogens is 252 g/mol. The summed E-state index contributed by atoms with van der Waals surface area (Å²) in [6, 6.07) is 8.68. The number of aromatic amines is 1. The summed E-state index contributed by atoms with van der Waals surface area (Å²) in [5.74, 6) is 1.04. The predicted molar refractivity (Wildman–Crippen MR) is 77.4 cm³/mol. The Morgan fingerprint density at radius 1 is 1.25 bits per heavy atom. The highest BCUT2D eigenvalue weighted by molar-refractivity contribution is 5.74. The van der Waals surface area contributed by atoms with Gasteiger partial charge in [0.1, 0.15) is 5.82 Å². The van der Waals surface area contributed by atoms with Crippen molar-refractivity contribution in [2.24, 2.45) is 0 Å². The number of nitrogens with zero attached hydrogens (tertiary/aromatic N) is 3. The van der Waals surface area contributed by atoms with Crippen LogP contribution in [-0.2, 0) is 6.54 Å². The number of aromatic nitrogens is 2. The molecule has 5 heteroatoms. The third kappa shape index (κ3) is 2.22. The zero-order chi connectivity index (χ0) is 13.5. The molecule has 1 aromatic carbocycles. The average molecular weight is 272 g/mol. The van der Waals surface area contributed by atoms with Crippen molar-refractivity contribution >= 4 is 11.0 Å². The molecular formula is C15H20N4O. The first-order valence-electron chi connectivity index (χ1n) is 7.36. The van der Waals surface area contributed by atoms with Crippen LogP contribution in [0.1, 0.15) is 12.2 Å². The molecule has 2 N–H and O–H groups in total. The van der Waals surface area contributed by atoms with Gasteiger partial charge < -0.3 is 10.1 Å². The number of piperazine rings is 1. The molecule has 0 spiro atoms. The van der Waals surface area contributed by atoms with Crippen LogP contribution in [0, 0.1) is 0 Å². The van der Waals surface area contributed by atoms with Gasteiger partial charge in [-0.05, 0) is 18.6 Å². The van der Waals surface area contributed by atoms with Crippen molar-refractivity contribution in [3.8, 4) is 0 Å². The summed E-state index contributed by atoms with van der Waals surface area (Å²) >= 11 is 0. The fraction of sp³-hybridized carbons (Fsp3) is 0.533. The molecule has 4 rings (SSSR count). The summed E-state index contributed by atoms with van der Waals surface area (Å²) in [4.78, 5) is 12.9. The third-order valence-corrected chi connectivity index (χ3v) is 4.49. The lowest BCUT2D eigenvalue weighted by atomic mass is 10.1. The van der Waals surface area contributed by atoms with Crippen LogP contribution in [-0.4, -0.2) is 63.2 Å². The Balaban J connectivity index is 1.46. The van der Waals surface area contributed by atoms with Crippen molar-refractivity contribution in [1.29, 1.82) is 0 Å². The molecule has 1 aromatic heterocycles.